The highest BCUT2D eigenvalue weighted by molar-refractivity contribution is 7.89. The van der Waals surface area contributed by atoms with Crippen LogP contribution in [0.15, 0.2) is 23.1 Å². The molecular weight excluding hydrogens is 354 g/mol. The predicted molar refractivity (Wildman–Crippen MR) is 98.7 cm³/mol. The van der Waals surface area contributed by atoms with E-state index in [-0.39, 0.29) is 16.3 Å². The first-order valence-electron chi connectivity index (χ1n) is 8.91. The molecule has 2 heterocycles. The van der Waals surface area contributed by atoms with Crippen LogP contribution in [0.2, 0.25) is 0 Å². The van der Waals surface area contributed by atoms with E-state index in [1.807, 2.05) is 20.0 Å². The lowest BCUT2D eigenvalue weighted by atomic mass is 9.87. The lowest BCUT2D eigenvalue weighted by Gasteiger charge is -2.48. The predicted octanol–water partition coefficient (Wildman–Crippen LogP) is 0.979. The van der Waals surface area contributed by atoms with E-state index in [1.54, 1.807) is 16.4 Å². The molecule has 1 aromatic rings. The molecule has 1 N–H and O–H groups in total. The van der Waals surface area contributed by atoms with Gasteiger partial charge >= 0.3 is 0 Å². The van der Waals surface area contributed by atoms with Crippen molar-refractivity contribution in [1.29, 1.82) is 0 Å². The standard InChI is InChI=1S/C18H27N3O4S/c1-14-4-5-15(25-3)16(12-14)26(23,24)21-11-10-20(2)18(13-21)7-6-17(22)19-9-8-18/h4-5,12H,6-11,13H2,1-3H3,(H,19,22)/t18-/m1/s1. The normalized spacial score (nSPS) is 25.7. The zero-order valence-corrected chi connectivity index (χ0v) is 16.4. The van der Waals surface area contributed by atoms with Gasteiger partial charge in [-0.25, -0.2) is 8.42 Å². The molecule has 0 bridgehead atoms. The number of amides is 1. The van der Waals surface area contributed by atoms with E-state index in [2.05, 4.69) is 10.2 Å². The van der Waals surface area contributed by atoms with Crippen LogP contribution in [0, 0.1) is 6.92 Å². The maximum Gasteiger partial charge on any atom is 0.246 e. The Hall–Kier alpha value is -1.64. The van der Waals surface area contributed by atoms with Gasteiger partial charge in [0, 0.05) is 38.1 Å². The van der Waals surface area contributed by atoms with Gasteiger partial charge in [-0.3, -0.25) is 9.69 Å². The molecule has 26 heavy (non-hydrogen) atoms. The third-order valence-electron chi connectivity index (χ3n) is 5.63. The van der Waals surface area contributed by atoms with Gasteiger partial charge in [0.1, 0.15) is 10.6 Å². The Kier molecular flexibility index (Phi) is 5.28. The number of likely N-dealkylation sites (N-methyl/N-ethyl adjacent to an activating group) is 1. The van der Waals surface area contributed by atoms with Crippen LogP contribution in [-0.4, -0.2) is 69.4 Å². The molecule has 1 amide bonds. The fourth-order valence-electron chi connectivity index (χ4n) is 3.89. The smallest absolute Gasteiger partial charge is 0.246 e. The Morgan fingerprint density at radius 3 is 2.73 bits per heavy atom. The van der Waals surface area contributed by atoms with Gasteiger partial charge in [0.2, 0.25) is 15.9 Å². The highest BCUT2D eigenvalue weighted by Gasteiger charge is 2.44. The van der Waals surface area contributed by atoms with E-state index in [0.717, 1.165) is 12.0 Å². The third-order valence-corrected chi connectivity index (χ3v) is 7.50. The van der Waals surface area contributed by atoms with Crippen molar-refractivity contribution in [2.24, 2.45) is 0 Å². The number of hydrogen-bond donors (Lipinski definition) is 1. The van der Waals surface area contributed by atoms with E-state index < -0.39 is 10.0 Å². The van der Waals surface area contributed by atoms with Crippen molar-refractivity contribution >= 4 is 15.9 Å². The van der Waals surface area contributed by atoms with Crippen molar-refractivity contribution in [1.82, 2.24) is 14.5 Å². The number of carbonyl (C=O) groups is 1. The number of aryl methyl sites for hydroxylation is 1. The van der Waals surface area contributed by atoms with Crippen molar-refractivity contribution in [2.45, 2.75) is 36.6 Å². The van der Waals surface area contributed by atoms with Crippen molar-refractivity contribution in [3.8, 4) is 5.75 Å². The summed E-state index contributed by atoms with van der Waals surface area (Å²) in [5.41, 5.74) is 0.555. The molecule has 0 aromatic heterocycles. The summed E-state index contributed by atoms with van der Waals surface area (Å²) in [6, 6.07) is 5.20. The fraction of sp³-hybridized carbons (Fsp3) is 0.611. The molecule has 1 atom stereocenters. The summed E-state index contributed by atoms with van der Waals surface area (Å²) in [6.45, 7) is 3.90. The summed E-state index contributed by atoms with van der Waals surface area (Å²) < 4.78 is 33.5. The lowest BCUT2D eigenvalue weighted by Crippen LogP contribution is -2.62. The number of nitrogens with zero attached hydrogens (tertiary/aromatic N) is 2. The fourth-order valence-corrected chi connectivity index (χ4v) is 5.64. The summed E-state index contributed by atoms with van der Waals surface area (Å²) in [5.74, 6) is 0.400. The molecule has 7 nitrogen and oxygen atoms in total. The zero-order valence-electron chi connectivity index (χ0n) is 15.6. The van der Waals surface area contributed by atoms with Gasteiger partial charge in [0.15, 0.2) is 0 Å². The highest BCUT2D eigenvalue weighted by Crippen LogP contribution is 2.35. The van der Waals surface area contributed by atoms with E-state index in [0.29, 0.717) is 44.8 Å². The number of hydrogen-bond acceptors (Lipinski definition) is 5. The lowest BCUT2D eigenvalue weighted by molar-refractivity contribution is -0.121. The molecule has 144 valence electrons. The number of carbonyl (C=O) groups excluding carboxylic acids is 1. The molecule has 2 saturated heterocycles. The van der Waals surface area contributed by atoms with Gasteiger partial charge in [-0.05, 0) is 44.5 Å². The Labute approximate surface area is 155 Å². The molecule has 0 aliphatic carbocycles. The largest absolute Gasteiger partial charge is 0.495 e. The number of rotatable bonds is 3. The minimum Gasteiger partial charge on any atom is -0.495 e. The summed E-state index contributed by atoms with van der Waals surface area (Å²) in [5, 5.41) is 2.89. The molecule has 0 radical (unpaired) electrons. The molecule has 0 saturated carbocycles. The van der Waals surface area contributed by atoms with Crippen LogP contribution in [0.3, 0.4) is 0 Å². The first kappa shape index (κ1) is 19.1. The van der Waals surface area contributed by atoms with Crippen LogP contribution in [0.1, 0.15) is 24.8 Å². The van der Waals surface area contributed by atoms with Crippen LogP contribution in [0.4, 0.5) is 0 Å². The summed E-state index contributed by atoms with van der Waals surface area (Å²) >= 11 is 0. The number of ether oxygens (including phenoxy) is 1. The minimum atomic E-state index is -3.68. The van der Waals surface area contributed by atoms with Gasteiger partial charge in [0.05, 0.1) is 7.11 Å². The van der Waals surface area contributed by atoms with Crippen LogP contribution >= 0.6 is 0 Å². The molecule has 0 unspecified atom stereocenters. The molecule has 8 heteroatoms. The van der Waals surface area contributed by atoms with E-state index in [4.69, 9.17) is 4.74 Å². The first-order chi connectivity index (χ1) is 12.3. The SMILES string of the molecule is COc1ccc(C)cc1S(=O)(=O)N1CCN(C)[C@]2(CCNC(=O)CC2)C1. The van der Waals surface area contributed by atoms with Gasteiger partial charge in [-0.15, -0.1) is 0 Å². The number of benzene rings is 1. The van der Waals surface area contributed by atoms with Crippen molar-refractivity contribution in [3.63, 3.8) is 0 Å². The number of methoxy groups -OCH3 is 1. The Balaban J connectivity index is 1.94. The number of nitrogens with one attached hydrogen (secondary N) is 1. The molecule has 3 rings (SSSR count). The van der Waals surface area contributed by atoms with Gasteiger partial charge < -0.3 is 10.1 Å². The molecule has 1 aromatic carbocycles. The van der Waals surface area contributed by atoms with E-state index in [1.165, 1.54) is 7.11 Å². The van der Waals surface area contributed by atoms with Crippen LogP contribution in [0.25, 0.3) is 0 Å². The van der Waals surface area contributed by atoms with Crippen molar-refractivity contribution in [2.75, 3.05) is 40.3 Å². The third kappa shape index (κ3) is 3.45. The second kappa shape index (κ2) is 7.17. The quantitative estimate of drug-likeness (QED) is 0.844. The maximum absolute atomic E-state index is 13.3. The molecule has 2 fully saturated rings. The molecule has 1 spiro atoms. The minimum absolute atomic E-state index is 0.0376. The summed E-state index contributed by atoms with van der Waals surface area (Å²) in [6.07, 6.45) is 1.82. The Morgan fingerprint density at radius 1 is 1.23 bits per heavy atom. The highest BCUT2D eigenvalue weighted by atomic mass is 32.2. The van der Waals surface area contributed by atoms with Crippen molar-refractivity contribution in [3.05, 3.63) is 23.8 Å². The summed E-state index contributed by atoms with van der Waals surface area (Å²) in [7, 11) is -0.170. The molecular formula is C18H27N3O4S. The average molecular weight is 381 g/mol. The Bertz CT molecular complexity index is 796. The number of sulfonamides is 1. The van der Waals surface area contributed by atoms with Gasteiger partial charge in [0.25, 0.3) is 0 Å². The topological polar surface area (TPSA) is 79.0 Å². The second-order valence-electron chi connectivity index (χ2n) is 7.24. The van der Waals surface area contributed by atoms with Gasteiger partial charge in [-0.2, -0.15) is 4.31 Å². The molecule has 2 aliphatic heterocycles. The summed E-state index contributed by atoms with van der Waals surface area (Å²) in [4.78, 5) is 14.2. The van der Waals surface area contributed by atoms with E-state index in [9.17, 15) is 13.2 Å². The average Bonchev–Trinajstić information content (AvgIpc) is 2.80. The maximum atomic E-state index is 13.3. The monoisotopic (exact) mass is 381 g/mol. The van der Waals surface area contributed by atoms with E-state index >= 15 is 0 Å². The van der Waals surface area contributed by atoms with Crippen LogP contribution in [0.5, 0.6) is 5.75 Å². The molecule has 2 aliphatic rings. The van der Waals surface area contributed by atoms with Gasteiger partial charge in [-0.1, -0.05) is 6.07 Å². The zero-order chi connectivity index (χ0) is 18.9. The van der Waals surface area contributed by atoms with Crippen molar-refractivity contribution < 1.29 is 17.9 Å². The van der Waals surface area contributed by atoms with Crippen LogP contribution < -0.4 is 10.1 Å². The number of piperazine rings is 1. The second-order valence-corrected chi connectivity index (χ2v) is 9.15. The van der Waals surface area contributed by atoms with Crippen LogP contribution in [-0.2, 0) is 14.8 Å². The first-order valence-corrected chi connectivity index (χ1v) is 10.4. The Morgan fingerprint density at radius 2 is 2.00 bits per heavy atom.